The van der Waals surface area contributed by atoms with Gasteiger partial charge < -0.3 is 4.98 Å². The lowest BCUT2D eigenvalue weighted by atomic mass is 10.4. The Morgan fingerprint density at radius 2 is 2.55 bits per heavy atom. The van der Waals surface area contributed by atoms with Crippen LogP contribution in [0.25, 0.3) is 0 Å². The number of aromatic nitrogens is 2. The molecule has 0 unspecified atom stereocenters. The van der Waals surface area contributed by atoms with Crippen molar-refractivity contribution in [3.63, 3.8) is 0 Å². The maximum absolute atomic E-state index is 10.7. The van der Waals surface area contributed by atoms with Crippen LogP contribution in [0, 0.1) is 4.91 Å². The number of H-pyrrole nitrogens is 1. The van der Waals surface area contributed by atoms with Gasteiger partial charge in [-0.3, -0.25) is 4.79 Å². The van der Waals surface area contributed by atoms with Gasteiger partial charge in [-0.1, -0.05) is 5.18 Å². The second kappa shape index (κ2) is 3.05. The fourth-order valence-corrected chi connectivity index (χ4v) is 0.688. The number of hydrogen-bond acceptors (Lipinski definition) is 4. The van der Waals surface area contributed by atoms with Crippen molar-refractivity contribution in [3.8, 4) is 0 Å². The van der Waals surface area contributed by atoms with Crippen LogP contribution in [0.1, 0.15) is 23.2 Å². The van der Waals surface area contributed by atoms with Gasteiger partial charge in [0.1, 0.15) is 6.54 Å². The highest BCUT2D eigenvalue weighted by molar-refractivity contribution is 5.90. The van der Waals surface area contributed by atoms with Crippen LogP contribution in [0.15, 0.2) is 11.4 Å². The van der Waals surface area contributed by atoms with Crippen molar-refractivity contribution in [2.75, 3.05) is 0 Å². The maximum Gasteiger partial charge on any atom is 0.194 e. The van der Waals surface area contributed by atoms with E-state index in [-0.39, 0.29) is 18.2 Å². The zero-order valence-corrected chi connectivity index (χ0v) is 6.00. The van der Waals surface area contributed by atoms with Crippen LogP contribution in [0.3, 0.4) is 0 Å². The molecule has 0 fully saturated rings. The van der Waals surface area contributed by atoms with Crippen molar-refractivity contribution in [1.82, 2.24) is 9.97 Å². The third-order valence-corrected chi connectivity index (χ3v) is 1.20. The molecular formula is C6H7N3O2. The Kier molecular flexibility index (Phi) is 2.10. The highest BCUT2D eigenvalue weighted by atomic mass is 16.3. The van der Waals surface area contributed by atoms with Crippen LogP contribution >= 0.6 is 0 Å². The average molecular weight is 153 g/mol. The average Bonchev–Trinajstić information content (AvgIpc) is 2.37. The topological polar surface area (TPSA) is 75.2 Å². The minimum absolute atomic E-state index is 0.0281. The fraction of sp³-hybridized carbons (Fsp3) is 0.333. The summed E-state index contributed by atoms with van der Waals surface area (Å²) in [6.07, 6.45) is 1.43. The van der Waals surface area contributed by atoms with Gasteiger partial charge in [0.05, 0.1) is 11.9 Å². The number of hydrogen-bond donors (Lipinski definition) is 1. The first kappa shape index (κ1) is 7.59. The highest BCUT2D eigenvalue weighted by Gasteiger charge is 2.03. The first-order chi connectivity index (χ1) is 5.24. The second-order valence-electron chi connectivity index (χ2n) is 2.10. The molecule has 1 heterocycles. The molecule has 5 nitrogen and oxygen atoms in total. The van der Waals surface area contributed by atoms with Gasteiger partial charge in [-0.05, 0) is 0 Å². The molecule has 0 atom stereocenters. The summed E-state index contributed by atoms with van der Waals surface area (Å²) in [5.41, 5.74) is 0.560. The predicted octanol–water partition coefficient (Wildman–Crippen LogP) is 0.879. The molecule has 1 aromatic rings. The molecule has 1 rings (SSSR count). The number of Topliss-reactive ketones (excluding diaryl/α,β-unsaturated/α-hetero) is 1. The van der Waals surface area contributed by atoms with Gasteiger partial charge in [-0.25, -0.2) is 4.98 Å². The quantitative estimate of drug-likeness (QED) is 0.517. The van der Waals surface area contributed by atoms with Crippen molar-refractivity contribution >= 4 is 5.78 Å². The molecule has 58 valence electrons. The van der Waals surface area contributed by atoms with Gasteiger partial charge in [0.2, 0.25) is 0 Å². The second-order valence-corrected chi connectivity index (χ2v) is 2.10. The number of ketones is 1. The Labute approximate surface area is 62.8 Å². The molecule has 1 aromatic heterocycles. The highest BCUT2D eigenvalue weighted by Crippen LogP contribution is 1.98. The number of nitrogens with zero attached hydrogens (tertiary/aromatic N) is 2. The first-order valence-corrected chi connectivity index (χ1v) is 3.08. The van der Waals surface area contributed by atoms with Gasteiger partial charge in [-0.15, -0.1) is 0 Å². The molecule has 5 heteroatoms. The summed E-state index contributed by atoms with van der Waals surface area (Å²) >= 11 is 0. The molecule has 0 aliphatic rings. The Bertz CT molecular complexity index is 279. The Morgan fingerprint density at radius 3 is 3.00 bits per heavy atom. The minimum Gasteiger partial charge on any atom is -0.338 e. The maximum atomic E-state index is 10.7. The predicted molar refractivity (Wildman–Crippen MR) is 38.1 cm³/mol. The number of rotatable bonds is 3. The van der Waals surface area contributed by atoms with Crippen LogP contribution in [0.4, 0.5) is 0 Å². The van der Waals surface area contributed by atoms with Gasteiger partial charge in [0.15, 0.2) is 11.6 Å². The minimum atomic E-state index is -0.151. The summed E-state index contributed by atoms with van der Waals surface area (Å²) < 4.78 is 0. The number of carbonyl (C=O) groups excluding carboxylic acids is 1. The van der Waals surface area contributed by atoms with E-state index in [0.29, 0.717) is 5.69 Å². The molecule has 0 aliphatic heterocycles. The molecule has 1 N–H and O–H groups in total. The third-order valence-electron chi connectivity index (χ3n) is 1.20. The van der Waals surface area contributed by atoms with E-state index in [1.807, 2.05) is 0 Å². The van der Waals surface area contributed by atoms with Crippen molar-refractivity contribution < 1.29 is 4.79 Å². The molecule has 0 bridgehead atoms. The summed E-state index contributed by atoms with van der Waals surface area (Å²) in [4.78, 5) is 26.8. The first-order valence-electron chi connectivity index (χ1n) is 3.08. The van der Waals surface area contributed by atoms with E-state index in [2.05, 4.69) is 15.1 Å². The molecule has 0 aliphatic carbocycles. The Hall–Kier alpha value is -1.52. The smallest absolute Gasteiger partial charge is 0.194 e. The van der Waals surface area contributed by atoms with Crippen molar-refractivity contribution in [1.29, 1.82) is 0 Å². The zero-order chi connectivity index (χ0) is 8.27. The molecule has 0 amide bonds. The van der Waals surface area contributed by atoms with E-state index in [1.165, 1.54) is 13.1 Å². The van der Waals surface area contributed by atoms with E-state index in [4.69, 9.17) is 0 Å². The fourth-order valence-electron chi connectivity index (χ4n) is 0.688. The molecule has 0 aromatic carbocycles. The largest absolute Gasteiger partial charge is 0.338 e. The van der Waals surface area contributed by atoms with Crippen LogP contribution in [-0.2, 0) is 6.54 Å². The van der Waals surface area contributed by atoms with Gasteiger partial charge >= 0.3 is 0 Å². The number of imidazole rings is 1. The Balaban J connectivity index is 2.81. The summed E-state index contributed by atoms with van der Waals surface area (Å²) in [5, 5.41) is 2.65. The van der Waals surface area contributed by atoms with Crippen molar-refractivity contribution in [3.05, 3.63) is 22.6 Å². The number of nitrogens with one attached hydrogen (secondary N) is 1. The van der Waals surface area contributed by atoms with E-state index >= 15 is 0 Å². The summed E-state index contributed by atoms with van der Waals surface area (Å²) in [5.74, 6) is 0.116. The molecule has 0 radical (unpaired) electrons. The summed E-state index contributed by atoms with van der Waals surface area (Å²) in [6, 6.07) is 0. The van der Waals surface area contributed by atoms with Crippen molar-refractivity contribution in [2.45, 2.75) is 13.5 Å². The van der Waals surface area contributed by atoms with Gasteiger partial charge in [-0.2, -0.15) is 4.91 Å². The van der Waals surface area contributed by atoms with E-state index in [1.54, 1.807) is 0 Å². The van der Waals surface area contributed by atoms with Crippen LogP contribution in [0.2, 0.25) is 0 Å². The lowest BCUT2D eigenvalue weighted by Crippen LogP contribution is -1.94. The van der Waals surface area contributed by atoms with E-state index in [9.17, 15) is 9.70 Å². The molecule has 11 heavy (non-hydrogen) atoms. The van der Waals surface area contributed by atoms with Crippen molar-refractivity contribution in [2.24, 2.45) is 5.18 Å². The number of aromatic amines is 1. The third kappa shape index (κ3) is 1.70. The summed E-state index contributed by atoms with van der Waals surface area (Å²) in [6.45, 7) is 1.43. The summed E-state index contributed by atoms with van der Waals surface area (Å²) in [7, 11) is 0. The molecule has 0 saturated heterocycles. The van der Waals surface area contributed by atoms with Gasteiger partial charge in [0.25, 0.3) is 0 Å². The number of carbonyl (C=O) groups is 1. The van der Waals surface area contributed by atoms with Crippen LogP contribution in [-0.4, -0.2) is 15.8 Å². The Morgan fingerprint density at radius 1 is 1.82 bits per heavy atom. The van der Waals surface area contributed by atoms with E-state index < -0.39 is 0 Å². The van der Waals surface area contributed by atoms with Crippen LogP contribution in [0.5, 0.6) is 0 Å². The lowest BCUT2D eigenvalue weighted by molar-refractivity contribution is 0.100. The lowest BCUT2D eigenvalue weighted by Gasteiger charge is -1.84. The van der Waals surface area contributed by atoms with E-state index in [0.717, 1.165) is 0 Å². The monoisotopic (exact) mass is 153 g/mol. The standard InChI is InChI=1S/C6H7N3O2/c1-4(10)6-7-2-5(9-6)3-8-11/h2H,3H2,1H3,(H,7,9). The normalized spacial score (nSPS) is 9.55. The van der Waals surface area contributed by atoms with Gasteiger partial charge in [0, 0.05) is 6.92 Å². The number of nitroso groups, excluding NO2 is 1. The zero-order valence-electron chi connectivity index (χ0n) is 6.00. The van der Waals surface area contributed by atoms with Crippen LogP contribution < -0.4 is 0 Å². The SMILES string of the molecule is CC(=O)c1ncc(CN=O)[nH]1. The molecule has 0 saturated carbocycles. The molecular weight excluding hydrogens is 146 g/mol. The molecule has 0 spiro atoms.